The zero-order chi connectivity index (χ0) is 18.9. The fourth-order valence-electron chi connectivity index (χ4n) is 2.21. The lowest BCUT2D eigenvalue weighted by Gasteiger charge is -2.18. The van der Waals surface area contributed by atoms with Gasteiger partial charge in [-0.2, -0.15) is 0 Å². The molecule has 1 N–H and O–H groups in total. The van der Waals surface area contributed by atoms with Gasteiger partial charge < -0.3 is 8.83 Å². The van der Waals surface area contributed by atoms with Gasteiger partial charge in [0.1, 0.15) is 4.92 Å². The van der Waals surface area contributed by atoms with Crippen molar-refractivity contribution >= 4 is 17.8 Å². The van der Waals surface area contributed by atoms with Gasteiger partial charge >= 0.3 is 11.9 Å². The molecule has 1 amide bonds. The van der Waals surface area contributed by atoms with Gasteiger partial charge in [-0.3, -0.25) is 20.2 Å². The van der Waals surface area contributed by atoms with Crippen LogP contribution in [0.5, 0.6) is 0 Å². The minimum atomic E-state index is -0.733. The van der Waals surface area contributed by atoms with Gasteiger partial charge in [0.15, 0.2) is 5.76 Å². The molecular formula is C17H16N4O5. The van der Waals surface area contributed by atoms with Crippen LogP contribution in [-0.2, 0) is 5.41 Å². The van der Waals surface area contributed by atoms with Gasteiger partial charge in [-0.1, -0.05) is 38.0 Å². The van der Waals surface area contributed by atoms with Crippen LogP contribution in [0.15, 0.2) is 45.2 Å². The molecule has 0 aliphatic heterocycles. The summed E-state index contributed by atoms with van der Waals surface area (Å²) in [5, 5.41) is 20.6. The van der Waals surface area contributed by atoms with Crippen LogP contribution in [0.4, 0.5) is 11.9 Å². The second-order valence-corrected chi connectivity index (χ2v) is 6.59. The second-order valence-electron chi connectivity index (χ2n) is 6.59. The monoisotopic (exact) mass is 356 g/mol. The lowest BCUT2D eigenvalue weighted by atomic mass is 9.87. The van der Waals surface area contributed by atoms with Gasteiger partial charge in [0.25, 0.3) is 5.91 Å². The molecule has 3 aromatic rings. The maximum absolute atomic E-state index is 12.0. The van der Waals surface area contributed by atoms with Crippen LogP contribution in [0.2, 0.25) is 0 Å². The minimum Gasteiger partial charge on any atom is -0.403 e. The molecule has 0 fully saturated rings. The highest BCUT2D eigenvalue weighted by Crippen LogP contribution is 2.26. The maximum Gasteiger partial charge on any atom is 0.433 e. The Hall–Kier alpha value is -3.49. The van der Waals surface area contributed by atoms with E-state index in [0.717, 1.165) is 11.6 Å². The first kappa shape index (κ1) is 17.3. The molecular weight excluding hydrogens is 340 g/mol. The van der Waals surface area contributed by atoms with Crippen molar-refractivity contribution in [3.8, 4) is 11.5 Å². The normalized spacial score (nSPS) is 11.3. The smallest absolute Gasteiger partial charge is 0.403 e. The summed E-state index contributed by atoms with van der Waals surface area (Å²) < 4.78 is 10.2. The third-order valence-corrected chi connectivity index (χ3v) is 3.64. The number of aromatic nitrogens is 2. The average Bonchev–Trinajstić information content (AvgIpc) is 3.23. The molecule has 9 heteroatoms. The number of amides is 1. The predicted molar refractivity (Wildman–Crippen MR) is 91.7 cm³/mol. The van der Waals surface area contributed by atoms with Crippen LogP contribution >= 0.6 is 0 Å². The Morgan fingerprint density at radius 1 is 1.08 bits per heavy atom. The number of anilines is 1. The quantitative estimate of drug-likeness (QED) is 0.557. The Bertz CT molecular complexity index is 950. The number of benzene rings is 1. The molecule has 0 aliphatic rings. The molecule has 2 heterocycles. The first-order chi connectivity index (χ1) is 12.2. The van der Waals surface area contributed by atoms with Crippen molar-refractivity contribution in [3.63, 3.8) is 0 Å². The summed E-state index contributed by atoms with van der Waals surface area (Å²) in [6.07, 6.45) is 0. The zero-order valence-electron chi connectivity index (χ0n) is 14.3. The van der Waals surface area contributed by atoms with E-state index in [0.29, 0.717) is 5.56 Å². The van der Waals surface area contributed by atoms with E-state index in [4.69, 9.17) is 8.83 Å². The summed E-state index contributed by atoms with van der Waals surface area (Å²) in [6, 6.07) is 9.80. The van der Waals surface area contributed by atoms with E-state index >= 15 is 0 Å². The summed E-state index contributed by atoms with van der Waals surface area (Å²) >= 11 is 0. The fraction of sp³-hybridized carbons (Fsp3) is 0.235. The molecule has 0 saturated carbocycles. The van der Waals surface area contributed by atoms with Crippen molar-refractivity contribution in [1.82, 2.24) is 10.2 Å². The fourth-order valence-corrected chi connectivity index (χ4v) is 2.21. The van der Waals surface area contributed by atoms with Crippen molar-refractivity contribution in [2.24, 2.45) is 0 Å². The molecule has 0 spiro atoms. The van der Waals surface area contributed by atoms with Crippen molar-refractivity contribution in [1.29, 1.82) is 0 Å². The Balaban J connectivity index is 1.73. The van der Waals surface area contributed by atoms with Crippen molar-refractivity contribution in [2.75, 3.05) is 5.32 Å². The Morgan fingerprint density at radius 2 is 1.77 bits per heavy atom. The van der Waals surface area contributed by atoms with Crippen LogP contribution in [0, 0.1) is 10.1 Å². The number of rotatable bonds is 4. The average molecular weight is 356 g/mol. The summed E-state index contributed by atoms with van der Waals surface area (Å²) in [6.45, 7) is 6.34. The topological polar surface area (TPSA) is 124 Å². The number of nitro groups is 1. The largest absolute Gasteiger partial charge is 0.433 e. The van der Waals surface area contributed by atoms with Gasteiger partial charge in [0, 0.05) is 5.56 Å². The summed E-state index contributed by atoms with van der Waals surface area (Å²) in [4.78, 5) is 21.8. The van der Waals surface area contributed by atoms with Crippen LogP contribution in [0.25, 0.3) is 11.5 Å². The third kappa shape index (κ3) is 3.61. The number of hydrogen-bond acceptors (Lipinski definition) is 7. The van der Waals surface area contributed by atoms with Crippen molar-refractivity contribution < 1.29 is 18.6 Å². The molecule has 0 bridgehead atoms. The summed E-state index contributed by atoms with van der Waals surface area (Å²) in [7, 11) is 0. The Labute approximate surface area is 148 Å². The number of nitrogens with one attached hydrogen (secondary N) is 1. The summed E-state index contributed by atoms with van der Waals surface area (Å²) in [5.74, 6) is -1.24. The number of hydrogen-bond donors (Lipinski definition) is 1. The highest BCUT2D eigenvalue weighted by atomic mass is 16.6. The minimum absolute atomic E-state index is 0.0260. The highest BCUT2D eigenvalue weighted by Gasteiger charge is 2.20. The van der Waals surface area contributed by atoms with Crippen LogP contribution in [0.3, 0.4) is 0 Å². The number of nitrogens with zero attached hydrogens (tertiary/aromatic N) is 3. The molecule has 3 rings (SSSR count). The van der Waals surface area contributed by atoms with E-state index in [1.54, 1.807) is 0 Å². The zero-order valence-corrected chi connectivity index (χ0v) is 14.3. The van der Waals surface area contributed by atoms with Gasteiger partial charge in [0.2, 0.25) is 5.89 Å². The van der Waals surface area contributed by atoms with Crippen LogP contribution in [0.1, 0.15) is 36.9 Å². The standard InChI is InChI=1S/C17H16N4O5/c1-17(2,3)11-6-4-10(5-7-11)15-19-20-16(26-15)18-14(22)12-8-9-13(25-12)21(23)24/h4-9H,1-3H3,(H,18,20,22). The maximum atomic E-state index is 12.0. The lowest BCUT2D eigenvalue weighted by molar-refractivity contribution is -0.402. The van der Waals surface area contributed by atoms with E-state index in [2.05, 4.69) is 36.3 Å². The van der Waals surface area contributed by atoms with Crippen LogP contribution < -0.4 is 5.32 Å². The SMILES string of the molecule is CC(C)(C)c1ccc(-c2nnc(NC(=O)c3ccc([N+](=O)[O-])o3)o2)cc1. The van der Waals surface area contributed by atoms with Crippen LogP contribution in [-0.4, -0.2) is 21.0 Å². The Kier molecular flexibility index (Phi) is 4.29. The first-order valence-corrected chi connectivity index (χ1v) is 7.74. The third-order valence-electron chi connectivity index (χ3n) is 3.64. The molecule has 2 aromatic heterocycles. The van der Waals surface area contributed by atoms with Gasteiger partial charge in [-0.15, -0.1) is 5.10 Å². The second kappa shape index (κ2) is 6.43. The predicted octanol–water partition coefficient (Wildman–Crippen LogP) is 3.79. The molecule has 1 aromatic carbocycles. The number of carbonyl (C=O) groups is 1. The molecule has 0 unspecified atom stereocenters. The highest BCUT2D eigenvalue weighted by molar-refractivity contribution is 6.01. The van der Waals surface area contributed by atoms with E-state index in [1.807, 2.05) is 24.3 Å². The number of carbonyl (C=O) groups excluding carboxylic acids is 1. The number of furan rings is 1. The van der Waals surface area contributed by atoms with E-state index in [-0.39, 0.29) is 23.1 Å². The first-order valence-electron chi connectivity index (χ1n) is 7.74. The molecule has 9 nitrogen and oxygen atoms in total. The molecule has 0 radical (unpaired) electrons. The molecule has 0 aliphatic carbocycles. The molecule has 26 heavy (non-hydrogen) atoms. The van der Waals surface area contributed by atoms with Gasteiger partial charge in [0.05, 0.1) is 6.07 Å². The van der Waals surface area contributed by atoms with Crippen molar-refractivity contribution in [2.45, 2.75) is 26.2 Å². The molecule has 0 atom stereocenters. The van der Waals surface area contributed by atoms with E-state index < -0.39 is 16.7 Å². The summed E-state index contributed by atoms with van der Waals surface area (Å²) in [5.41, 5.74) is 1.89. The Morgan fingerprint density at radius 3 is 2.35 bits per heavy atom. The van der Waals surface area contributed by atoms with E-state index in [9.17, 15) is 14.9 Å². The molecule has 134 valence electrons. The molecule has 0 saturated heterocycles. The van der Waals surface area contributed by atoms with Gasteiger partial charge in [-0.05, 0) is 29.2 Å². The van der Waals surface area contributed by atoms with E-state index in [1.165, 1.54) is 6.07 Å². The van der Waals surface area contributed by atoms with Crippen molar-refractivity contribution in [3.05, 3.63) is 57.8 Å². The lowest BCUT2D eigenvalue weighted by Crippen LogP contribution is -2.11. The van der Waals surface area contributed by atoms with Gasteiger partial charge in [-0.25, -0.2) is 0 Å².